The van der Waals surface area contributed by atoms with Gasteiger partial charge in [0.15, 0.2) is 0 Å². The molecule has 2 aromatic rings. The zero-order valence-electron chi connectivity index (χ0n) is 11.2. The third-order valence-corrected chi connectivity index (χ3v) is 3.83. The molecule has 0 aliphatic heterocycles. The molecule has 0 bridgehead atoms. The molecule has 110 valence electrons. The first kappa shape index (κ1) is 14.6. The van der Waals surface area contributed by atoms with E-state index in [1.165, 1.54) is 25.0 Å². The highest BCUT2D eigenvalue weighted by Gasteiger charge is 2.20. The maximum atomic E-state index is 13.2. The Hall–Kier alpha value is -1.29. The van der Waals surface area contributed by atoms with Crippen molar-refractivity contribution in [2.75, 3.05) is 0 Å². The molecular weight excluding hydrogens is 312 g/mol. The summed E-state index contributed by atoms with van der Waals surface area (Å²) in [5.41, 5.74) is 1.01. The van der Waals surface area contributed by atoms with Gasteiger partial charge in [-0.3, -0.25) is 0 Å². The van der Waals surface area contributed by atoms with Crippen molar-refractivity contribution < 1.29 is 9.13 Å². The molecule has 0 radical (unpaired) electrons. The normalized spacial score (nSPS) is 14.2. The zero-order valence-corrected chi connectivity index (χ0v) is 12.7. The second kappa shape index (κ2) is 6.22. The number of hydrogen-bond acceptors (Lipinski definition) is 2. The summed E-state index contributed by atoms with van der Waals surface area (Å²) in [5.74, 6) is 0.667. The third kappa shape index (κ3) is 3.88. The minimum Gasteiger partial charge on any atom is -0.457 e. The summed E-state index contributed by atoms with van der Waals surface area (Å²) < 4.78 is 19.0. The molecule has 2 nitrogen and oxygen atoms in total. The highest BCUT2D eigenvalue weighted by atomic mass is 35.5. The van der Waals surface area contributed by atoms with Crippen LogP contribution >= 0.6 is 23.2 Å². The first-order chi connectivity index (χ1) is 10.1. The van der Waals surface area contributed by atoms with E-state index in [0.717, 1.165) is 5.56 Å². The highest BCUT2D eigenvalue weighted by molar-refractivity contribution is 6.31. The van der Waals surface area contributed by atoms with E-state index in [1.807, 2.05) is 12.1 Å². The fourth-order valence-corrected chi connectivity index (χ4v) is 2.31. The van der Waals surface area contributed by atoms with Crippen LogP contribution in [0.1, 0.15) is 18.4 Å². The molecule has 0 unspecified atom stereocenters. The van der Waals surface area contributed by atoms with Gasteiger partial charge in [0.2, 0.25) is 0 Å². The van der Waals surface area contributed by atoms with Crippen molar-refractivity contribution >= 4 is 23.2 Å². The van der Waals surface area contributed by atoms with Crippen molar-refractivity contribution in [1.29, 1.82) is 0 Å². The van der Waals surface area contributed by atoms with E-state index < -0.39 is 5.82 Å². The molecule has 0 atom stereocenters. The lowest BCUT2D eigenvalue weighted by molar-refractivity contribution is 0.471. The van der Waals surface area contributed by atoms with E-state index in [4.69, 9.17) is 27.9 Å². The second-order valence-electron chi connectivity index (χ2n) is 5.09. The maximum absolute atomic E-state index is 13.2. The quantitative estimate of drug-likeness (QED) is 0.818. The molecule has 5 heteroatoms. The molecule has 1 fully saturated rings. The average Bonchev–Trinajstić information content (AvgIpc) is 3.26. The minimum absolute atomic E-state index is 0.0344. The van der Waals surface area contributed by atoms with Gasteiger partial charge in [0, 0.05) is 29.2 Å². The van der Waals surface area contributed by atoms with Crippen LogP contribution in [0, 0.1) is 5.82 Å². The lowest BCUT2D eigenvalue weighted by Gasteiger charge is -2.12. The number of benzene rings is 2. The zero-order chi connectivity index (χ0) is 14.8. The van der Waals surface area contributed by atoms with E-state index in [9.17, 15) is 4.39 Å². The molecule has 3 rings (SSSR count). The fourth-order valence-electron chi connectivity index (χ4n) is 1.98. The summed E-state index contributed by atoms with van der Waals surface area (Å²) in [7, 11) is 0. The van der Waals surface area contributed by atoms with Gasteiger partial charge in [-0.15, -0.1) is 0 Å². The molecule has 1 aliphatic carbocycles. The Bertz CT molecular complexity index is 659. The molecule has 1 aliphatic rings. The van der Waals surface area contributed by atoms with E-state index in [2.05, 4.69) is 5.32 Å². The van der Waals surface area contributed by atoms with E-state index in [1.54, 1.807) is 12.1 Å². The van der Waals surface area contributed by atoms with Crippen LogP contribution in [-0.4, -0.2) is 6.04 Å². The number of nitrogens with one attached hydrogen (secondary N) is 1. The van der Waals surface area contributed by atoms with Gasteiger partial charge in [0.1, 0.15) is 17.3 Å². The SMILES string of the molecule is Fc1ccc(Oc2cc(Cl)ccc2CNC2CC2)cc1Cl. The van der Waals surface area contributed by atoms with Gasteiger partial charge >= 0.3 is 0 Å². The molecule has 1 saturated carbocycles. The van der Waals surface area contributed by atoms with Crippen molar-refractivity contribution in [2.24, 2.45) is 0 Å². The molecule has 2 aromatic carbocycles. The van der Waals surface area contributed by atoms with Crippen molar-refractivity contribution in [1.82, 2.24) is 5.32 Å². The molecule has 1 N–H and O–H groups in total. The summed E-state index contributed by atoms with van der Waals surface area (Å²) >= 11 is 11.8. The first-order valence-electron chi connectivity index (χ1n) is 6.76. The Kier molecular flexibility index (Phi) is 4.34. The molecule has 0 aromatic heterocycles. The van der Waals surface area contributed by atoms with Crippen LogP contribution in [0.25, 0.3) is 0 Å². The summed E-state index contributed by atoms with van der Waals surface area (Å²) in [6.07, 6.45) is 2.44. The predicted molar refractivity (Wildman–Crippen MR) is 82.8 cm³/mol. The van der Waals surface area contributed by atoms with Gasteiger partial charge in [0.25, 0.3) is 0 Å². The average molecular weight is 326 g/mol. The van der Waals surface area contributed by atoms with Crippen molar-refractivity contribution in [3.05, 3.63) is 57.8 Å². The third-order valence-electron chi connectivity index (χ3n) is 3.31. The summed E-state index contributed by atoms with van der Waals surface area (Å²) in [6.45, 7) is 0.714. The van der Waals surface area contributed by atoms with Crippen LogP contribution in [-0.2, 0) is 6.54 Å². The van der Waals surface area contributed by atoms with E-state index in [0.29, 0.717) is 29.1 Å². The van der Waals surface area contributed by atoms with E-state index >= 15 is 0 Å². The summed E-state index contributed by atoms with van der Waals surface area (Å²) in [4.78, 5) is 0. The van der Waals surface area contributed by atoms with Crippen LogP contribution in [0.15, 0.2) is 36.4 Å². The number of hydrogen-bond donors (Lipinski definition) is 1. The number of halogens is 3. The number of rotatable bonds is 5. The summed E-state index contributed by atoms with van der Waals surface area (Å²) in [5, 5.41) is 4.06. The van der Waals surface area contributed by atoms with Gasteiger partial charge in [-0.2, -0.15) is 0 Å². The van der Waals surface area contributed by atoms with Crippen molar-refractivity contribution in [3.63, 3.8) is 0 Å². The van der Waals surface area contributed by atoms with Gasteiger partial charge < -0.3 is 10.1 Å². The largest absolute Gasteiger partial charge is 0.457 e. The van der Waals surface area contributed by atoms with Gasteiger partial charge in [-0.1, -0.05) is 29.3 Å². The molecule has 0 heterocycles. The van der Waals surface area contributed by atoms with Crippen molar-refractivity contribution in [2.45, 2.75) is 25.4 Å². The second-order valence-corrected chi connectivity index (χ2v) is 5.93. The van der Waals surface area contributed by atoms with Crippen LogP contribution in [0.3, 0.4) is 0 Å². The lowest BCUT2D eigenvalue weighted by Crippen LogP contribution is -2.15. The van der Waals surface area contributed by atoms with Gasteiger partial charge in [0.05, 0.1) is 5.02 Å². The Balaban J connectivity index is 1.81. The van der Waals surface area contributed by atoms with Gasteiger partial charge in [-0.05, 0) is 37.1 Å². The Morgan fingerprint density at radius 2 is 1.95 bits per heavy atom. The molecule has 21 heavy (non-hydrogen) atoms. The Labute approximate surface area is 132 Å². The Morgan fingerprint density at radius 1 is 1.14 bits per heavy atom. The van der Waals surface area contributed by atoms with Crippen LogP contribution in [0.5, 0.6) is 11.5 Å². The fraction of sp³-hybridized carbons (Fsp3) is 0.250. The predicted octanol–water partition coefficient (Wildman–Crippen LogP) is 5.18. The molecular formula is C16H14Cl2FNO. The first-order valence-corrected chi connectivity index (χ1v) is 7.52. The molecule has 0 amide bonds. The molecule has 0 saturated heterocycles. The van der Waals surface area contributed by atoms with Crippen molar-refractivity contribution in [3.8, 4) is 11.5 Å². The highest BCUT2D eigenvalue weighted by Crippen LogP contribution is 2.31. The Morgan fingerprint density at radius 3 is 2.67 bits per heavy atom. The van der Waals surface area contributed by atoms with Gasteiger partial charge in [-0.25, -0.2) is 4.39 Å². The number of ether oxygens (including phenoxy) is 1. The summed E-state index contributed by atoms with van der Waals surface area (Å²) in [6, 6.07) is 10.4. The molecule has 0 spiro atoms. The van der Waals surface area contributed by atoms with Crippen LogP contribution < -0.4 is 10.1 Å². The minimum atomic E-state index is -0.467. The topological polar surface area (TPSA) is 21.3 Å². The lowest BCUT2D eigenvalue weighted by atomic mass is 10.2. The van der Waals surface area contributed by atoms with Crippen LogP contribution in [0.4, 0.5) is 4.39 Å². The van der Waals surface area contributed by atoms with Crippen LogP contribution in [0.2, 0.25) is 10.0 Å². The smallest absolute Gasteiger partial charge is 0.142 e. The van der Waals surface area contributed by atoms with E-state index in [-0.39, 0.29) is 5.02 Å². The standard InChI is InChI=1S/C16H14Cl2FNO/c17-11-2-1-10(9-20-12-3-4-12)16(7-11)21-13-5-6-15(19)14(18)8-13/h1-2,5-8,12,20H,3-4,9H2. The monoisotopic (exact) mass is 325 g/mol. The maximum Gasteiger partial charge on any atom is 0.142 e.